The minimum Gasteiger partial charge on any atom is -0.370 e. The summed E-state index contributed by atoms with van der Waals surface area (Å²) in [5.74, 6) is 4.96. The molecule has 0 spiro atoms. The molecule has 0 saturated carbocycles. The van der Waals surface area contributed by atoms with Crippen LogP contribution >= 0.6 is 0 Å². The van der Waals surface area contributed by atoms with E-state index in [0.29, 0.717) is 36.9 Å². The van der Waals surface area contributed by atoms with E-state index >= 15 is 0 Å². The second-order valence-corrected chi connectivity index (χ2v) is 4.11. The number of nitrogens with zero attached hydrogens (tertiary/aromatic N) is 1. The van der Waals surface area contributed by atoms with Crippen molar-refractivity contribution in [1.29, 1.82) is 0 Å². The lowest BCUT2D eigenvalue weighted by atomic mass is 10.1. The van der Waals surface area contributed by atoms with E-state index in [1.807, 2.05) is 0 Å². The molecule has 0 aliphatic carbocycles. The van der Waals surface area contributed by atoms with Crippen LogP contribution in [0.15, 0.2) is 18.5 Å². The van der Waals surface area contributed by atoms with Gasteiger partial charge in [0.1, 0.15) is 0 Å². The van der Waals surface area contributed by atoms with Gasteiger partial charge in [-0.3, -0.25) is 14.6 Å². The maximum Gasteiger partial charge on any atom is 0.252 e. The van der Waals surface area contributed by atoms with Crippen molar-refractivity contribution in [1.82, 2.24) is 10.3 Å². The van der Waals surface area contributed by atoms with Gasteiger partial charge in [-0.2, -0.15) is 0 Å². The number of hydrogen-bond acceptors (Lipinski definition) is 4. The van der Waals surface area contributed by atoms with Crippen LogP contribution < -0.4 is 16.8 Å². The molecular formula is C14H18N4O2. The maximum atomic E-state index is 12.0. The number of nitrogens with two attached hydrogens (primary N) is 2. The van der Waals surface area contributed by atoms with Crippen molar-refractivity contribution < 1.29 is 9.59 Å². The number of aromatic nitrogens is 1. The fourth-order valence-corrected chi connectivity index (χ4v) is 1.56. The van der Waals surface area contributed by atoms with Gasteiger partial charge in [-0.15, -0.1) is 0 Å². The van der Waals surface area contributed by atoms with Crippen molar-refractivity contribution >= 4 is 11.8 Å². The zero-order valence-electron chi connectivity index (χ0n) is 11.2. The lowest BCUT2D eigenvalue weighted by Crippen LogP contribution is -2.25. The first-order valence-electron chi connectivity index (χ1n) is 6.34. The molecule has 0 radical (unpaired) electrons. The normalized spacial score (nSPS) is 9.45. The van der Waals surface area contributed by atoms with Crippen LogP contribution in [0.2, 0.25) is 0 Å². The van der Waals surface area contributed by atoms with Crippen LogP contribution in [0.5, 0.6) is 0 Å². The Morgan fingerprint density at radius 2 is 2.15 bits per heavy atom. The molecule has 0 bridgehead atoms. The van der Waals surface area contributed by atoms with Crippen molar-refractivity contribution in [3.63, 3.8) is 0 Å². The van der Waals surface area contributed by atoms with E-state index in [9.17, 15) is 9.59 Å². The van der Waals surface area contributed by atoms with Crippen molar-refractivity contribution in [2.75, 3.05) is 13.1 Å². The first-order valence-corrected chi connectivity index (χ1v) is 6.34. The Balaban J connectivity index is 2.53. The topological polar surface area (TPSA) is 111 Å². The van der Waals surface area contributed by atoms with Gasteiger partial charge in [-0.1, -0.05) is 11.8 Å². The van der Waals surface area contributed by atoms with Crippen LogP contribution in [0.1, 0.15) is 35.2 Å². The molecule has 2 amide bonds. The number of amides is 2. The summed E-state index contributed by atoms with van der Waals surface area (Å²) in [6.07, 6.45) is 4.76. The maximum absolute atomic E-state index is 12.0. The first-order chi connectivity index (χ1) is 9.65. The Kier molecular flexibility index (Phi) is 6.79. The number of rotatable bonds is 6. The molecule has 6 heteroatoms. The summed E-state index contributed by atoms with van der Waals surface area (Å²) in [6.45, 7) is 0.710. The summed E-state index contributed by atoms with van der Waals surface area (Å²) in [4.78, 5) is 26.5. The SMILES string of the molecule is NCC#Cc1cnccc1C(=O)NCCCCC(N)=O. The van der Waals surface area contributed by atoms with Crippen LogP contribution in [-0.2, 0) is 4.79 Å². The zero-order valence-corrected chi connectivity index (χ0v) is 11.2. The standard InChI is InChI=1S/C14H18N4O2/c15-7-3-4-11-10-17-9-6-12(11)14(20)18-8-2-1-5-13(16)19/h6,9-10H,1-2,5,7-8,15H2,(H2,16,19)(H,18,20). The molecule has 0 fully saturated rings. The molecule has 1 aromatic heterocycles. The number of primary amides is 1. The Labute approximate surface area is 117 Å². The lowest BCUT2D eigenvalue weighted by molar-refractivity contribution is -0.118. The van der Waals surface area contributed by atoms with Crippen LogP contribution in [0.3, 0.4) is 0 Å². The molecule has 0 aromatic carbocycles. The third-order valence-electron chi connectivity index (χ3n) is 2.53. The highest BCUT2D eigenvalue weighted by Crippen LogP contribution is 2.05. The van der Waals surface area contributed by atoms with E-state index in [-0.39, 0.29) is 18.4 Å². The largest absolute Gasteiger partial charge is 0.370 e. The molecular weight excluding hydrogens is 256 g/mol. The third kappa shape index (κ3) is 5.50. The predicted molar refractivity (Wildman–Crippen MR) is 75.5 cm³/mol. The smallest absolute Gasteiger partial charge is 0.252 e. The van der Waals surface area contributed by atoms with E-state index in [1.54, 1.807) is 6.07 Å². The van der Waals surface area contributed by atoms with Crippen LogP contribution in [-0.4, -0.2) is 29.9 Å². The summed E-state index contributed by atoms with van der Waals surface area (Å²) >= 11 is 0. The molecule has 0 aliphatic rings. The zero-order chi connectivity index (χ0) is 14.8. The Morgan fingerprint density at radius 1 is 1.35 bits per heavy atom. The summed E-state index contributed by atoms with van der Waals surface area (Å²) in [5, 5.41) is 2.77. The molecule has 1 rings (SSSR count). The van der Waals surface area contributed by atoms with E-state index in [2.05, 4.69) is 22.1 Å². The molecule has 20 heavy (non-hydrogen) atoms. The summed E-state index contributed by atoms with van der Waals surface area (Å²) in [5.41, 5.74) is 11.4. The van der Waals surface area contributed by atoms with Gasteiger partial charge >= 0.3 is 0 Å². The molecule has 106 valence electrons. The van der Waals surface area contributed by atoms with Gasteiger partial charge in [0.05, 0.1) is 17.7 Å². The molecule has 1 aromatic rings. The summed E-state index contributed by atoms with van der Waals surface area (Å²) < 4.78 is 0. The molecule has 0 saturated heterocycles. The van der Waals surface area contributed by atoms with Crippen molar-refractivity contribution in [3.8, 4) is 11.8 Å². The Hall–Kier alpha value is -2.39. The molecule has 0 atom stereocenters. The highest BCUT2D eigenvalue weighted by Gasteiger charge is 2.09. The number of hydrogen-bond donors (Lipinski definition) is 3. The van der Waals surface area contributed by atoms with Gasteiger partial charge in [0.2, 0.25) is 5.91 Å². The quantitative estimate of drug-likeness (QED) is 0.491. The van der Waals surface area contributed by atoms with Crippen LogP contribution in [0.4, 0.5) is 0 Å². The highest BCUT2D eigenvalue weighted by molar-refractivity contribution is 5.96. The van der Waals surface area contributed by atoms with Gasteiger partial charge in [-0.05, 0) is 18.9 Å². The monoisotopic (exact) mass is 274 g/mol. The van der Waals surface area contributed by atoms with Gasteiger partial charge in [0, 0.05) is 25.4 Å². The third-order valence-corrected chi connectivity index (χ3v) is 2.53. The number of pyridine rings is 1. The van der Waals surface area contributed by atoms with Crippen molar-refractivity contribution in [3.05, 3.63) is 29.6 Å². The van der Waals surface area contributed by atoms with Crippen molar-refractivity contribution in [2.24, 2.45) is 11.5 Å². The molecule has 1 heterocycles. The number of carbonyl (C=O) groups excluding carboxylic acids is 2. The number of unbranched alkanes of at least 4 members (excludes halogenated alkanes) is 1. The van der Waals surface area contributed by atoms with Gasteiger partial charge in [-0.25, -0.2) is 0 Å². The van der Waals surface area contributed by atoms with Crippen LogP contribution in [0.25, 0.3) is 0 Å². The van der Waals surface area contributed by atoms with E-state index in [0.717, 1.165) is 0 Å². The predicted octanol–water partition coefficient (Wildman–Crippen LogP) is -0.223. The molecule has 6 nitrogen and oxygen atoms in total. The molecule has 5 N–H and O–H groups in total. The fourth-order valence-electron chi connectivity index (χ4n) is 1.56. The highest BCUT2D eigenvalue weighted by atomic mass is 16.2. The van der Waals surface area contributed by atoms with E-state index in [1.165, 1.54) is 12.4 Å². The second kappa shape index (κ2) is 8.67. The molecule has 0 unspecified atom stereocenters. The Morgan fingerprint density at radius 3 is 2.85 bits per heavy atom. The van der Waals surface area contributed by atoms with E-state index in [4.69, 9.17) is 11.5 Å². The van der Waals surface area contributed by atoms with Gasteiger partial charge < -0.3 is 16.8 Å². The average Bonchev–Trinajstić information content (AvgIpc) is 2.44. The number of nitrogens with one attached hydrogen (secondary N) is 1. The fraction of sp³-hybridized carbons (Fsp3) is 0.357. The van der Waals surface area contributed by atoms with Gasteiger partial charge in [0.15, 0.2) is 0 Å². The van der Waals surface area contributed by atoms with Gasteiger partial charge in [0.25, 0.3) is 5.91 Å². The van der Waals surface area contributed by atoms with Crippen molar-refractivity contribution in [2.45, 2.75) is 19.3 Å². The summed E-state index contributed by atoms with van der Waals surface area (Å²) in [6, 6.07) is 1.61. The lowest BCUT2D eigenvalue weighted by Gasteiger charge is -2.06. The second-order valence-electron chi connectivity index (χ2n) is 4.11. The summed E-state index contributed by atoms with van der Waals surface area (Å²) in [7, 11) is 0. The van der Waals surface area contributed by atoms with Crippen LogP contribution in [0, 0.1) is 11.8 Å². The average molecular weight is 274 g/mol. The minimum absolute atomic E-state index is 0.215. The minimum atomic E-state index is -0.329. The Bertz CT molecular complexity index is 531. The number of carbonyl (C=O) groups is 2. The van der Waals surface area contributed by atoms with E-state index < -0.39 is 0 Å². The first kappa shape index (κ1) is 15.7. The molecule has 0 aliphatic heterocycles.